The Bertz CT molecular complexity index is 229. The van der Waals surface area contributed by atoms with Crippen molar-refractivity contribution in [1.82, 2.24) is 5.32 Å². The zero-order valence-electron chi connectivity index (χ0n) is 7.71. The summed E-state index contributed by atoms with van der Waals surface area (Å²) in [5, 5.41) is 3.06. The van der Waals surface area contributed by atoms with Crippen molar-refractivity contribution in [1.29, 1.82) is 0 Å². The summed E-state index contributed by atoms with van der Waals surface area (Å²) in [6.07, 6.45) is 6.57. The molecule has 0 atom stereocenters. The van der Waals surface area contributed by atoms with Gasteiger partial charge in [0.15, 0.2) is 0 Å². The van der Waals surface area contributed by atoms with Crippen LogP contribution in [0.3, 0.4) is 0 Å². The minimum Gasteiger partial charge on any atom is -0.351 e. The van der Waals surface area contributed by atoms with E-state index in [1.165, 1.54) is 0 Å². The highest BCUT2D eigenvalue weighted by atomic mass is 16.2. The standard InChI is InChI=1S/C10H15NO2/c12-7-8-1-4-10(5-2-8)6-3-9(13)11-10/h7-8H,1-6H2,(H,11,13)/t8-,10+. The fraction of sp³-hybridized carbons (Fsp3) is 0.800. The Labute approximate surface area is 77.9 Å². The van der Waals surface area contributed by atoms with E-state index in [9.17, 15) is 9.59 Å². The molecule has 0 aromatic rings. The number of hydrogen-bond donors (Lipinski definition) is 1. The molecule has 1 heterocycles. The number of carbonyl (C=O) groups excluding carboxylic acids is 2. The maximum absolute atomic E-state index is 11.1. The SMILES string of the molecule is O=C[C@H]1CC[C@]2(CCC(=O)N2)CC1. The second-order valence-electron chi connectivity index (χ2n) is 4.30. The minimum atomic E-state index is 0.0661. The Morgan fingerprint density at radius 2 is 2.00 bits per heavy atom. The summed E-state index contributed by atoms with van der Waals surface area (Å²) in [6.45, 7) is 0. The summed E-state index contributed by atoms with van der Waals surface area (Å²) in [5.41, 5.74) is 0.0661. The monoisotopic (exact) mass is 181 g/mol. The molecule has 1 saturated carbocycles. The van der Waals surface area contributed by atoms with E-state index in [-0.39, 0.29) is 17.4 Å². The number of rotatable bonds is 1. The number of aldehydes is 1. The van der Waals surface area contributed by atoms with Gasteiger partial charge in [-0.15, -0.1) is 0 Å². The van der Waals surface area contributed by atoms with Gasteiger partial charge in [0.2, 0.25) is 5.91 Å². The second kappa shape index (κ2) is 3.13. The Morgan fingerprint density at radius 3 is 2.46 bits per heavy atom. The van der Waals surface area contributed by atoms with E-state index in [2.05, 4.69) is 5.32 Å². The molecule has 1 spiro atoms. The fourth-order valence-corrected chi connectivity index (χ4v) is 2.48. The number of hydrogen-bond acceptors (Lipinski definition) is 2. The summed E-state index contributed by atoms with van der Waals surface area (Å²) in [4.78, 5) is 21.6. The average molecular weight is 181 g/mol. The largest absolute Gasteiger partial charge is 0.351 e. The normalized spacial score (nSPS) is 39.1. The molecular formula is C10H15NO2. The van der Waals surface area contributed by atoms with Gasteiger partial charge in [0, 0.05) is 17.9 Å². The topological polar surface area (TPSA) is 46.2 Å². The average Bonchev–Trinajstić information content (AvgIpc) is 2.49. The summed E-state index contributed by atoms with van der Waals surface area (Å²) < 4.78 is 0. The van der Waals surface area contributed by atoms with Crippen LogP contribution in [-0.2, 0) is 9.59 Å². The summed E-state index contributed by atoms with van der Waals surface area (Å²) in [6, 6.07) is 0. The number of carbonyl (C=O) groups is 2. The van der Waals surface area contributed by atoms with Crippen LogP contribution in [0, 0.1) is 5.92 Å². The molecule has 1 amide bonds. The van der Waals surface area contributed by atoms with E-state index in [1.54, 1.807) is 0 Å². The number of nitrogens with one attached hydrogen (secondary N) is 1. The highest BCUT2D eigenvalue weighted by Gasteiger charge is 2.40. The van der Waals surface area contributed by atoms with Gasteiger partial charge < -0.3 is 10.1 Å². The molecule has 3 heteroatoms. The van der Waals surface area contributed by atoms with Crippen LogP contribution in [-0.4, -0.2) is 17.7 Å². The molecule has 2 aliphatic rings. The lowest BCUT2D eigenvalue weighted by Crippen LogP contribution is -2.44. The van der Waals surface area contributed by atoms with Crippen LogP contribution >= 0.6 is 0 Å². The first-order valence-electron chi connectivity index (χ1n) is 5.00. The van der Waals surface area contributed by atoms with E-state index in [0.717, 1.165) is 38.4 Å². The van der Waals surface area contributed by atoms with Crippen molar-refractivity contribution in [2.45, 2.75) is 44.1 Å². The fourth-order valence-electron chi connectivity index (χ4n) is 2.48. The van der Waals surface area contributed by atoms with Crippen LogP contribution < -0.4 is 5.32 Å². The van der Waals surface area contributed by atoms with Crippen molar-refractivity contribution in [3.05, 3.63) is 0 Å². The van der Waals surface area contributed by atoms with Gasteiger partial charge in [-0.3, -0.25) is 4.79 Å². The molecule has 0 aromatic carbocycles. The van der Waals surface area contributed by atoms with Gasteiger partial charge in [-0.05, 0) is 32.1 Å². The number of amides is 1. The van der Waals surface area contributed by atoms with Crippen LogP contribution in [0.2, 0.25) is 0 Å². The van der Waals surface area contributed by atoms with Crippen molar-refractivity contribution in [2.24, 2.45) is 5.92 Å². The molecule has 0 bridgehead atoms. The molecule has 1 aliphatic carbocycles. The predicted molar refractivity (Wildman–Crippen MR) is 48.1 cm³/mol. The molecule has 0 unspecified atom stereocenters. The van der Waals surface area contributed by atoms with Crippen LogP contribution in [0.15, 0.2) is 0 Å². The van der Waals surface area contributed by atoms with Crippen molar-refractivity contribution in [3.8, 4) is 0 Å². The van der Waals surface area contributed by atoms with E-state index >= 15 is 0 Å². The van der Waals surface area contributed by atoms with Gasteiger partial charge in [0.05, 0.1) is 0 Å². The van der Waals surface area contributed by atoms with E-state index in [4.69, 9.17) is 0 Å². The van der Waals surface area contributed by atoms with Gasteiger partial charge in [0.1, 0.15) is 6.29 Å². The van der Waals surface area contributed by atoms with E-state index in [1.807, 2.05) is 0 Å². The summed E-state index contributed by atoms with van der Waals surface area (Å²) in [7, 11) is 0. The van der Waals surface area contributed by atoms with Crippen molar-refractivity contribution >= 4 is 12.2 Å². The van der Waals surface area contributed by atoms with E-state index < -0.39 is 0 Å². The van der Waals surface area contributed by atoms with Crippen molar-refractivity contribution in [3.63, 3.8) is 0 Å². The Kier molecular flexibility index (Phi) is 2.10. The quantitative estimate of drug-likeness (QED) is 0.614. The Hall–Kier alpha value is -0.860. The highest BCUT2D eigenvalue weighted by molar-refractivity contribution is 5.79. The maximum Gasteiger partial charge on any atom is 0.220 e. The van der Waals surface area contributed by atoms with E-state index in [0.29, 0.717) is 6.42 Å². The molecule has 1 saturated heterocycles. The molecule has 0 radical (unpaired) electrons. The van der Waals surface area contributed by atoms with Gasteiger partial charge >= 0.3 is 0 Å². The lowest BCUT2D eigenvalue weighted by atomic mass is 9.76. The summed E-state index contributed by atoms with van der Waals surface area (Å²) >= 11 is 0. The first-order valence-corrected chi connectivity index (χ1v) is 5.00. The molecule has 13 heavy (non-hydrogen) atoms. The Balaban J connectivity index is 1.97. The second-order valence-corrected chi connectivity index (χ2v) is 4.30. The highest BCUT2D eigenvalue weighted by Crippen LogP contribution is 2.37. The third-order valence-corrected chi connectivity index (χ3v) is 3.42. The molecule has 1 aliphatic heterocycles. The molecule has 3 nitrogen and oxygen atoms in total. The van der Waals surface area contributed by atoms with Gasteiger partial charge in [-0.2, -0.15) is 0 Å². The van der Waals surface area contributed by atoms with Crippen LogP contribution in [0.4, 0.5) is 0 Å². The molecule has 0 aromatic heterocycles. The molecular weight excluding hydrogens is 166 g/mol. The molecule has 72 valence electrons. The Morgan fingerprint density at radius 1 is 1.31 bits per heavy atom. The third-order valence-electron chi connectivity index (χ3n) is 3.42. The van der Waals surface area contributed by atoms with Crippen LogP contribution in [0.1, 0.15) is 38.5 Å². The molecule has 1 N–H and O–H groups in total. The first kappa shape index (κ1) is 8.73. The van der Waals surface area contributed by atoms with Crippen LogP contribution in [0.25, 0.3) is 0 Å². The van der Waals surface area contributed by atoms with Gasteiger partial charge in [0.25, 0.3) is 0 Å². The van der Waals surface area contributed by atoms with Crippen molar-refractivity contribution in [2.75, 3.05) is 0 Å². The summed E-state index contributed by atoms with van der Waals surface area (Å²) in [5.74, 6) is 0.424. The lowest BCUT2D eigenvalue weighted by molar-refractivity contribution is -0.120. The zero-order valence-corrected chi connectivity index (χ0v) is 7.71. The predicted octanol–water partition coefficient (Wildman–Crippen LogP) is 1.02. The van der Waals surface area contributed by atoms with Gasteiger partial charge in [-0.1, -0.05) is 0 Å². The van der Waals surface area contributed by atoms with Crippen LogP contribution in [0.5, 0.6) is 0 Å². The molecule has 2 rings (SSSR count). The van der Waals surface area contributed by atoms with Gasteiger partial charge in [-0.25, -0.2) is 0 Å². The van der Waals surface area contributed by atoms with Crippen molar-refractivity contribution < 1.29 is 9.59 Å². The first-order chi connectivity index (χ1) is 6.24. The third kappa shape index (κ3) is 1.60. The minimum absolute atomic E-state index is 0.0661. The molecule has 2 fully saturated rings. The zero-order chi connectivity index (χ0) is 9.31. The lowest BCUT2D eigenvalue weighted by Gasteiger charge is -2.35. The smallest absolute Gasteiger partial charge is 0.220 e. The maximum atomic E-state index is 11.1.